The molecule has 0 saturated carbocycles. The maximum atomic E-state index is 14.0. The largest absolute Gasteiger partial charge is 0.385 e. The van der Waals surface area contributed by atoms with Crippen molar-refractivity contribution in [2.24, 2.45) is 7.05 Å². The van der Waals surface area contributed by atoms with E-state index in [1.54, 1.807) is 4.68 Å². The normalized spacial score (nSPS) is 17.7. The zero-order valence-corrected chi connectivity index (χ0v) is 34.6. The number of fused-ring (bicyclic) bond motifs is 2. The smallest absolute Gasteiger partial charge is 0.258 e. The molecule has 3 fully saturated rings. The number of carbonyl (C=O) groups is 3. The van der Waals surface area contributed by atoms with Crippen LogP contribution in [0.25, 0.3) is 21.8 Å². The lowest BCUT2D eigenvalue weighted by Crippen LogP contribution is -2.46. The number of amides is 3. The number of imide groups is 1. The number of aryl methyl sites for hydroxylation is 1. The Hall–Kier alpha value is -6.39. The van der Waals surface area contributed by atoms with Crippen LogP contribution in [0.3, 0.4) is 0 Å². The fourth-order valence-electron chi connectivity index (χ4n) is 8.87. The molecule has 1 unspecified atom stereocenters. The fraction of sp³-hybridized carbons (Fsp3) is 0.370. The number of halogens is 2. The topological polar surface area (TPSA) is 162 Å². The highest BCUT2D eigenvalue weighted by Crippen LogP contribution is 2.33. The number of nitrogens with zero attached hydrogens (tertiary/aromatic N) is 5. The molecule has 62 heavy (non-hydrogen) atoms. The van der Waals surface area contributed by atoms with E-state index < -0.39 is 17.6 Å². The van der Waals surface area contributed by atoms with Gasteiger partial charge in [0.2, 0.25) is 11.8 Å². The highest BCUT2D eigenvalue weighted by atomic mass is 19.1. The van der Waals surface area contributed by atoms with Crippen molar-refractivity contribution in [2.75, 3.05) is 73.3 Å². The van der Waals surface area contributed by atoms with Gasteiger partial charge in [0.1, 0.15) is 11.6 Å². The summed E-state index contributed by atoms with van der Waals surface area (Å²) in [4.78, 5) is 43.1. The third-order valence-corrected chi connectivity index (χ3v) is 12.2. The molecule has 1 atom stereocenters. The Morgan fingerprint density at radius 1 is 0.887 bits per heavy atom. The second kappa shape index (κ2) is 17.9. The van der Waals surface area contributed by atoms with E-state index in [-0.39, 0.29) is 23.8 Å². The van der Waals surface area contributed by atoms with Gasteiger partial charge in [-0.05, 0) is 110 Å². The summed E-state index contributed by atoms with van der Waals surface area (Å²) in [5.74, 6) is -2.12. The summed E-state index contributed by atoms with van der Waals surface area (Å²) in [5.41, 5.74) is 7.01. The number of hydrogen-bond acceptors (Lipinski definition) is 10. The molecule has 16 heteroatoms. The van der Waals surface area contributed by atoms with Crippen LogP contribution in [0, 0.1) is 11.6 Å². The quantitative estimate of drug-likeness (QED) is 0.0659. The van der Waals surface area contributed by atoms with E-state index in [0.717, 1.165) is 104 Å². The summed E-state index contributed by atoms with van der Waals surface area (Å²) >= 11 is 0. The van der Waals surface area contributed by atoms with E-state index >= 15 is 0 Å². The first-order valence-electron chi connectivity index (χ1n) is 21.4. The van der Waals surface area contributed by atoms with Gasteiger partial charge >= 0.3 is 0 Å². The second-order valence-electron chi connectivity index (χ2n) is 16.5. The number of piperidine rings is 1. The molecule has 14 nitrogen and oxygen atoms in total. The van der Waals surface area contributed by atoms with E-state index in [1.165, 1.54) is 12.1 Å². The second-order valence-corrected chi connectivity index (χ2v) is 16.5. The van der Waals surface area contributed by atoms with Crippen LogP contribution in [0.5, 0.6) is 0 Å². The number of aromatic amines is 1. The lowest BCUT2D eigenvalue weighted by molar-refractivity contribution is -0.134. The number of rotatable bonds is 13. The Balaban J connectivity index is 0.813. The van der Waals surface area contributed by atoms with Gasteiger partial charge in [-0.15, -0.1) is 0 Å². The van der Waals surface area contributed by atoms with Gasteiger partial charge in [-0.25, -0.2) is 8.78 Å². The van der Waals surface area contributed by atoms with Crippen molar-refractivity contribution in [3.63, 3.8) is 0 Å². The first kappa shape index (κ1) is 41.0. The molecule has 9 rings (SSSR count). The van der Waals surface area contributed by atoms with Crippen molar-refractivity contribution in [3.8, 4) is 0 Å². The van der Waals surface area contributed by atoms with Gasteiger partial charge in [0.15, 0.2) is 5.82 Å². The minimum Gasteiger partial charge on any atom is -0.385 e. The number of aromatic nitrogens is 4. The van der Waals surface area contributed by atoms with E-state index in [9.17, 15) is 23.2 Å². The molecule has 6 aromatic rings. The van der Waals surface area contributed by atoms with Crippen molar-refractivity contribution in [2.45, 2.75) is 50.5 Å². The third-order valence-electron chi connectivity index (χ3n) is 12.2. The molecule has 0 aliphatic carbocycles. The summed E-state index contributed by atoms with van der Waals surface area (Å²) in [6.45, 7) is 6.62. The van der Waals surface area contributed by atoms with E-state index in [0.29, 0.717) is 60.5 Å². The highest BCUT2D eigenvalue weighted by molar-refractivity contribution is 6.11. The first-order chi connectivity index (χ1) is 30.1. The van der Waals surface area contributed by atoms with Crippen LogP contribution in [-0.4, -0.2) is 101 Å². The predicted octanol–water partition coefficient (Wildman–Crippen LogP) is 6.31. The number of carbonyl (C=O) groups excluding carboxylic acids is 3. The van der Waals surface area contributed by atoms with E-state index in [1.807, 2.05) is 49.5 Å². The molecule has 3 saturated heterocycles. The monoisotopic (exact) mass is 844 g/mol. The molecule has 5 heterocycles. The number of piperazine rings is 1. The summed E-state index contributed by atoms with van der Waals surface area (Å²) in [6, 6.07) is 21.3. The van der Waals surface area contributed by atoms with Gasteiger partial charge in [0.25, 0.3) is 5.91 Å². The van der Waals surface area contributed by atoms with Crippen LogP contribution in [0.4, 0.5) is 31.7 Å². The summed E-state index contributed by atoms with van der Waals surface area (Å²) in [6.07, 6.45) is 3.74. The van der Waals surface area contributed by atoms with Gasteiger partial charge in [-0.2, -0.15) is 10.2 Å². The van der Waals surface area contributed by atoms with Crippen LogP contribution in [-0.2, 0) is 27.8 Å². The summed E-state index contributed by atoms with van der Waals surface area (Å²) in [5, 5.41) is 26.3. The fourth-order valence-corrected chi connectivity index (χ4v) is 8.87. The number of nitrogens with one attached hydrogen (secondary N) is 5. The van der Waals surface area contributed by atoms with Crippen molar-refractivity contribution in [1.82, 2.24) is 30.2 Å². The lowest BCUT2D eigenvalue weighted by atomic mass is 9.93. The molecule has 322 valence electrons. The standard InChI is InChI=1S/C46H50F2N10O4/c1-56-41-26-33(4-6-36(41)43(55-56)37-8-10-42(59)51-46(37)61)49-13-2-14-57-15-17-58(18-16-57)34-5-7-35(40(27-34)50-32-11-19-62-20-12-32)45(60)52-44-38-24-28(3-9-39(38)53-54-44)21-29-22-30(47)25-31(48)23-29/h3-7,9,22-27,32,37,49-50H,2,8,10-21H2,1H3,(H,51,59,61)(H2,52,53,54,60). The first-order valence-corrected chi connectivity index (χ1v) is 21.4. The molecule has 4 aromatic carbocycles. The van der Waals surface area contributed by atoms with E-state index in [2.05, 4.69) is 58.5 Å². The Labute approximate surface area is 357 Å². The van der Waals surface area contributed by atoms with Gasteiger partial charge < -0.3 is 25.6 Å². The van der Waals surface area contributed by atoms with Crippen LogP contribution < -0.4 is 26.2 Å². The van der Waals surface area contributed by atoms with Gasteiger partial charge in [0.05, 0.1) is 28.2 Å². The number of anilines is 4. The third kappa shape index (κ3) is 9.11. The average Bonchev–Trinajstić information content (AvgIpc) is 3.81. The van der Waals surface area contributed by atoms with Crippen molar-refractivity contribution in [1.29, 1.82) is 0 Å². The molecule has 3 aliphatic heterocycles. The molecular weight excluding hydrogens is 795 g/mol. The van der Waals surface area contributed by atoms with Gasteiger partial charge in [-0.1, -0.05) is 6.07 Å². The number of hydrogen-bond donors (Lipinski definition) is 5. The van der Waals surface area contributed by atoms with Gasteiger partial charge in [0, 0.05) is 99.3 Å². The molecule has 5 N–H and O–H groups in total. The number of H-pyrrole nitrogens is 1. The van der Waals surface area contributed by atoms with Gasteiger partial charge in [-0.3, -0.25) is 34.4 Å². The predicted molar refractivity (Wildman–Crippen MR) is 235 cm³/mol. The molecule has 2 aromatic heterocycles. The molecule has 0 radical (unpaired) electrons. The maximum Gasteiger partial charge on any atom is 0.258 e. The number of benzene rings is 4. The average molecular weight is 845 g/mol. The summed E-state index contributed by atoms with van der Waals surface area (Å²) in [7, 11) is 1.88. The van der Waals surface area contributed by atoms with Crippen molar-refractivity contribution < 1.29 is 27.9 Å². The Kier molecular flexibility index (Phi) is 11.8. The van der Waals surface area contributed by atoms with Crippen molar-refractivity contribution >= 4 is 62.4 Å². The molecule has 3 amide bonds. The highest BCUT2D eigenvalue weighted by Gasteiger charge is 2.32. The van der Waals surface area contributed by atoms with Crippen molar-refractivity contribution in [3.05, 3.63) is 107 Å². The number of ether oxygens (including phenoxy) is 1. The molecule has 0 bridgehead atoms. The lowest BCUT2D eigenvalue weighted by Gasteiger charge is -2.36. The Morgan fingerprint density at radius 2 is 1.69 bits per heavy atom. The maximum absolute atomic E-state index is 14.0. The minimum absolute atomic E-state index is 0.166. The zero-order chi connectivity index (χ0) is 42.7. The zero-order valence-electron chi connectivity index (χ0n) is 34.6. The molecule has 0 spiro atoms. The molecular formula is C46H50F2N10O4. The Morgan fingerprint density at radius 3 is 2.48 bits per heavy atom. The minimum atomic E-state index is -0.625. The van der Waals surface area contributed by atoms with Crippen LogP contribution in [0.15, 0.2) is 72.8 Å². The summed E-state index contributed by atoms with van der Waals surface area (Å²) < 4.78 is 35.2. The van der Waals surface area contributed by atoms with Crippen LogP contribution >= 0.6 is 0 Å². The van der Waals surface area contributed by atoms with Crippen LogP contribution in [0.1, 0.15) is 65.2 Å². The SMILES string of the molecule is Cn1nc(C2CCC(=O)NC2=O)c2ccc(NCCCN3CCN(c4ccc(C(=O)Nc5n[nH]c6ccc(Cc7cc(F)cc(F)c7)cc56)c(NC5CCOCC5)c4)CC3)cc21. The Bertz CT molecular complexity index is 2610. The van der Waals surface area contributed by atoms with Crippen LogP contribution in [0.2, 0.25) is 0 Å². The van der Waals surface area contributed by atoms with E-state index in [4.69, 9.17) is 4.74 Å². The molecule has 3 aliphatic rings.